The standard InChI is InChI=1S/C11H13N3O2/c1-3-4-5-6-12-11-7-10(14(15)16)9(2)8-13-11/h7-8H,5-6H2,1-2H3,(H,12,13). The van der Waals surface area contributed by atoms with Gasteiger partial charge in [-0.1, -0.05) is 0 Å². The van der Waals surface area contributed by atoms with Crippen LogP contribution in [-0.4, -0.2) is 16.5 Å². The lowest BCUT2D eigenvalue weighted by atomic mass is 10.2. The van der Waals surface area contributed by atoms with Crippen LogP contribution in [0.3, 0.4) is 0 Å². The highest BCUT2D eigenvalue weighted by atomic mass is 16.6. The van der Waals surface area contributed by atoms with Crippen LogP contribution >= 0.6 is 0 Å². The Morgan fingerprint density at radius 1 is 1.62 bits per heavy atom. The van der Waals surface area contributed by atoms with Crippen molar-refractivity contribution in [3.8, 4) is 11.8 Å². The molecule has 0 radical (unpaired) electrons. The van der Waals surface area contributed by atoms with E-state index in [9.17, 15) is 10.1 Å². The molecule has 0 bridgehead atoms. The van der Waals surface area contributed by atoms with Gasteiger partial charge in [0.15, 0.2) is 0 Å². The van der Waals surface area contributed by atoms with E-state index in [1.807, 2.05) is 0 Å². The van der Waals surface area contributed by atoms with Crippen molar-refractivity contribution in [1.29, 1.82) is 0 Å². The second-order valence-corrected chi connectivity index (χ2v) is 3.22. The number of nitrogens with one attached hydrogen (secondary N) is 1. The van der Waals surface area contributed by atoms with Crippen LogP contribution in [0.4, 0.5) is 11.5 Å². The van der Waals surface area contributed by atoms with E-state index >= 15 is 0 Å². The number of anilines is 1. The van der Waals surface area contributed by atoms with Crippen molar-refractivity contribution in [1.82, 2.24) is 4.98 Å². The Labute approximate surface area is 94.0 Å². The van der Waals surface area contributed by atoms with Crippen molar-refractivity contribution >= 4 is 11.5 Å². The van der Waals surface area contributed by atoms with E-state index in [4.69, 9.17) is 0 Å². The number of rotatable bonds is 4. The molecule has 0 saturated carbocycles. The molecule has 0 atom stereocenters. The monoisotopic (exact) mass is 219 g/mol. The fourth-order valence-corrected chi connectivity index (χ4v) is 1.18. The summed E-state index contributed by atoms with van der Waals surface area (Å²) < 4.78 is 0. The lowest BCUT2D eigenvalue weighted by Gasteiger charge is -2.03. The molecule has 1 aromatic heterocycles. The number of aryl methyl sites for hydroxylation is 1. The summed E-state index contributed by atoms with van der Waals surface area (Å²) >= 11 is 0. The molecule has 84 valence electrons. The fraction of sp³-hybridized carbons (Fsp3) is 0.364. The van der Waals surface area contributed by atoms with Crippen molar-refractivity contribution in [3.05, 3.63) is 27.9 Å². The molecule has 16 heavy (non-hydrogen) atoms. The normalized spacial score (nSPS) is 9.12. The number of hydrogen-bond acceptors (Lipinski definition) is 4. The molecule has 0 amide bonds. The van der Waals surface area contributed by atoms with E-state index in [-0.39, 0.29) is 5.69 Å². The maximum Gasteiger partial charge on any atom is 0.277 e. The van der Waals surface area contributed by atoms with Gasteiger partial charge in [-0.3, -0.25) is 10.1 Å². The average molecular weight is 219 g/mol. The van der Waals surface area contributed by atoms with Crippen LogP contribution in [0.5, 0.6) is 0 Å². The smallest absolute Gasteiger partial charge is 0.277 e. The van der Waals surface area contributed by atoms with Gasteiger partial charge < -0.3 is 5.32 Å². The van der Waals surface area contributed by atoms with Crippen LogP contribution in [-0.2, 0) is 0 Å². The minimum absolute atomic E-state index is 0.0825. The molecule has 5 heteroatoms. The number of nitrogens with zero attached hydrogens (tertiary/aromatic N) is 2. The molecule has 1 aromatic rings. The lowest BCUT2D eigenvalue weighted by molar-refractivity contribution is -0.385. The highest BCUT2D eigenvalue weighted by Crippen LogP contribution is 2.19. The van der Waals surface area contributed by atoms with E-state index in [1.54, 1.807) is 13.8 Å². The largest absolute Gasteiger partial charge is 0.369 e. The number of pyridine rings is 1. The second-order valence-electron chi connectivity index (χ2n) is 3.22. The molecule has 0 spiro atoms. The molecule has 0 aromatic carbocycles. The molecular formula is C11H13N3O2. The van der Waals surface area contributed by atoms with E-state index in [1.165, 1.54) is 12.3 Å². The van der Waals surface area contributed by atoms with Gasteiger partial charge in [-0.25, -0.2) is 4.98 Å². The summed E-state index contributed by atoms with van der Waals surface area (Å²) in [5.41, 5.74) is 0.642. The van der Waals surface area contributed by atoms with E-state index in [0.29, 0.717) is 24.3 Å². The predicted octanol–water partition coefficient (Wildman–Crippen LogP) is 2.12. The Hall–Kier alpha value is -2.09. The Morgan fingerprint density at radius 2 is 2.38 bits per heavy atom. The Balaban J connectivity index is 2.70. The fourth-order valence-electron chi connectivity index (χ4n) is 1.18. The summed E-state index contributed by atoms with van der Waals surface area (Å²) in [6.07, 6.45) is 2.19. The third-order valence-electron chi connectivity index (χ3n) is 2.00. The maximum absolute atomic E-state index is 10.7. The SMILES string of the molecule is CC#CCCNc1cc([N+](=O)[O-])c(C)cn1. The van der Waals surface area contributed by atoms with Crippen LogP contribution in [0.1, 0.15) is 18.9 Å². The van der Waals surface area contributed by atoms with Crippen molar-refractivity contribution < 1.29 is 4.92 Å². The average Bonchev–Trinajstić information content (AvgIpc) is 2.26. The van der Waals surface area contributed by atoms with Gasteiger partial charge in [0.05, 0.1) is 11.0 Å². The van der Waals surface area contributed by atoms with Crippen molar-refractivity contribution in [2.24, 2.45) is 0 Å². The lowest BCUT2D eigenvalue weighted by Crippen LogP contribution is -2.03. The van der Waals surface area contributed by atoms with Crippen LogP contribution < -0.4 is 5.32 Å². The molecule has 0 aliphatic heterocycles. The van der Waals surface area contributed by atoms with Crippen LogP contribution in [0.2, 0.25) is 0 Å². The molecule has 1 N–H and O–H groups in total. The second kappa shape index (κ2) is 5.71. The molecule has 5 nitrogen and oxygen atoms in total. The van der Waals surface area contributed by atoms with Gasteiger partial charge in [0.25, 0.3) is 5.69 Å². The maximum atomic E-state index is 10.7. The van der Waals surface area contributed by atoms with Crippen molar-refractivity contribution in [2.45, 2.75) is 20.3 Å². The van der Waals surface area contributed by atoms with E-state index < -0.39 is 4.92 Å². The summed E-state index contributed by atoms with van der Waals surface area (Å²) in [7, 11) is 0. The predicted molar refractivity (Wildman–Crippen MR) is 62.2 cm³/mol. The van der Waals surface area contributed by atoms with Gasteiger partial charge in [0.1, 0.15) is 5.82 Å². The summed E-state index contributed by atoms with van der Waals surface area (Å²) in [6.45, 7) is 4.07. The van der Waals surface area contributed by atoms with Gasteiger partial charge in [-0.15, -0.1) is 11.8 Å². The Morgan fingerprint density at radius 3 is 3.00 bits per heavy atom. The quantitative estimate of drug-likeness (QED) is 0.364. The minimum atomic E-state index is -0.409. The number of hydrogen-bond donors (Lipinski definition) is 1. The zero-order valence-corrected chi connectivity index (χ0v) is 9.28. The topological polar surface area (TPSA) is 68.1 Å². The highest BCUT2D eigenvalue weighted by molar-refractivity contribution is 5.48. The van der Waals surface area contributed by atoms with Gasteiger partial charge in [-0.05, 0) is 13.8 Å². The third-order valence-corrected chi connectivity index (χ3v) is 2.00. The summed E-state index contributed by atoms with van der Waals surface area (Å²) in [5.74, 6) is 6.18. The first-order valence-corrected chi connectivity index (χ1v) is 4.89. The molecule has 0 unspecified atom stereocenters. The Bertz CT molecular complexity index is 446. The van der Waals surface area contributed by atoms with E-state index in [0.717, 1.165) is 0 Å². The van der Waals surface area contributed by atoms with Gasteiger partial charge in [0.2, 0.25) is 0 Å². The first kappa shape index (κ1) is 12.0. The third kappa shape index (κ3) is 3.24. The number of aromatic nitrogens is 1. The Kier molecular flexibility index (Phi) is 4.28. The van der Waals surface area contributed by atoms with Gasteiger partial charge in [-0.2, -0.15) is 0 Å². The zero-order valence-electron chi connectivity index (χ0n) is 9.28. The molecule has 0 aliphatic carbocycles. The molecule has 0 fully saturated rings. The molecule has 0 aliphatic rings. The van der Waals surface area contributed by atoms with Crippen LogP contribution in [0.15, 0.2) is 12.3 Å². The van der Waals surface area contributed by atoms with Crippen LogP contribution in [0, 0.1) is 28.9 Å². The van der Waals surface area contributed by atoms with Gasteiger partial charge in [0, 0.05) is 24.7 Å². The summed E-state index contributed by atoms with van der Waals surface area (Å²) in [5, 5.41) is 13.7. The van der Waals surface area contributed by atoms with Crippen LogP contribution in [0.25, 0.3) is 0 Å². The molecule has 1 heterocycles. The van der Waals surface area contributed by atoms with Crippen molar-refractivity contribution in [2.75, 3.05) is 11.9 Å². The zero-order chi connectivity index (χ0) is 12.0. The summed E-state index contributed by atoms with van der Waals surface area (Å²) in [6, 6.07) is 1.44. The molecule has 1 rings (SSSR count). The number of nitro groups is 1. The minimum Gasteiger partial charge on any atom is -0.369 e. The summed E-state index contributed by atoms with van der Waals surface area (Å²) in [4.78, 5) is 14.3. The first-order chi connectivity index (χ1) is 7.65. The molecular weight excluding hydrogens is 206 g/mol. The highest BCUT2D eigenvalue weighted by Gasteiger charge is 2.11. The first-order valence-electron chi connectivity index (χ1n) is 4.89. The van der Waals surface area contributed by atoms with Gasteiger partial charge >= 0.3 is 0 Å². The molecule has 0 saturated heterocycles. The van der Waals surface area contributed by atoms with Crippen molar-refractivity contribution in [3.63, 3.8) is 0 Å². The van der Waals surface area contributed by atoms with E-state index in [2.05, 4.69) is 22.1 Å².